The third-order valence-corrected chi connectivity index (χ3v) is 5.80. The first-order chi connectivity index (χ1) is 14.7. The van der Waals surface area contributed by atoms with E-state index in [0.29, 0.717) is 6.54 Å². The van der Waals surface area contributed by atoms with Crippen LogP contribution in [0.4, 0.5) is 0 Å². The van der Waals surface area contributed by atoms with Crippen LogP contribution in [0.3, 0.4) is 0 Å². The Morgan fingerprint density at radius 3 is 2.63 bits per heavy atom. The number of benzene rings is 1. The fraction of sp³-hybridized carbons (Fsp3) is 0.609. The number of likely N-dealkylation sites (tertiary alicyclic amines) is 1. The summed E-state index contributed by atoms with van der Waals surface area (Å²) in [6.45, 7) is 13.1. The van der Waals surface area contributed by atoms with Gasteiger partial charge < -0.3 is 15.2 Å². The highest BCUT2D eigenvalue weighted by Crippen LogP contribution is 2.20. The molecule has 0 atom stereocenters. The highest BCUT2D eigenvalue weighted by atomic mass is 15.3. The van der Waals surface area contributed by atoms with Crippen molar-refractivity contribution < 1.29 is 0 Å². The van der Waals surface area contributed by atoms with Crippen LogP contribution >= 0.6 is 0 Å². The molecule has 7 nitrogen and oxygen atoms in total. The third-order valence-electron chi connectivity index (χ3n) is 5.80. The second kappa shape index (κ2) is 11.7. The second-order valence-corrected chi connectivity index (χ2v) is 8.14. The van der Waals surface area contributed by atoms with Crippen molar-refractivity contribution in [3.8, 4) is 0 Å². The molecular weight excluding hydrogens is 374 g/mol. The molecule has 1 aromatic heterocycles. The van der Waals surface area contributed by atoms with E-state index >= 15 is 0 Å². The minimum absolute atomic E-state index is 0.683. The number of aryl methyl sites for hydroxylation is 1. The summed E-state index contributed by atoms with van der Waals surface area (Å²) in [7, 11) is 0. The van der Waals surface area contributed by atoms with Crippen molar-refractivity contribution in [2.75, 3.05) is 26.2 Å². The predicted molar refractivity (Wildman–Crippen MR) is 122 cm³/mol. The van der Waals surface area contributed by atoms with Crippen molar-refractivity contribution in [1.82, 2.24) is 30.3 Å². The van der Waals surface area contributed by atoms with Gasteiger partial charge in [-0.25, -0.2) is 4.99 Å². The van der Waals surface area contributed by atoms with E-state index in [1.54, 1.807) is 6.33 Å². The quantitative estimate of drug-likeness (QED) is 0.490. The molecule has 1 aliphatic heterocycles. The summed E-state index contributed by atoms with van der Waals surface area (Å²) in [4.78, 5) is 7.43. The van der Waals surface area contributed by atoms with Crippen LogP contribution in [-0.4, -0.2) is 51.8 Å². The van der Waals surface area contributed by atoms with E-state index in [1.165, 1.54) is 37.1 Å². The van der Waals surface area contributed by atoms with Crippen LogP contribution in [0.25, 0.3) is 0 Å². The van der Waals surface area contributed by atoms with Crippen molar-refractivity contribution in [3.05, 3.63) is 47.5 Å². The van der Waals surface area contributed by atoms with Gasteiger partial charge in [-0.05, 0) is 49.9 Å². The number of rotatable bonds is 9. The van der Waals surface area contributed by atoms with Crippen LogP contribution in [0, 0.1) is 5.92 Å². The number of hydrogen-bond acceptors (Lipinski definition) is 4. The first kappa shape index (κ1) is 22.3. The van der Waals surface area contributed by atoms with Crippen LogP contribution < -0.4 is 10.6 Å². The monoisotopic (exact) mass is 411 g/mol. The predicted octanol–water partition coefficient (Wildman–Crippen LogP) is 2.83. The van der Waals surface area contributed by atoms with Gasteiger partial charge in [0.2, 0.25) is 0 Å². The number of hydrogen-bond donors (Lipinski definition) is 2. The molecule has 0 amide bonds. The van der Waals surface area contributed by atoms with Crippen LogP contribution in [0.2, 0.25) is 0 Å². The Labute approximate surface area is 181 Å². The fourth-order valence-electron chi connectivity index (χ4n) is 3.87. The molecule has 0 saturated carbocycles. The molecule has 0 unspecified atom stereocenters. The minimum atomic E-state index is 0.683. The molecule has 164 valence electrons. The Morgan fingerprint density at radius 1 is 1.13 bits per heavy atom. The van der Waals surface area contributed by atoms with Crippen LogP contribution in [0.5, 0.6) is 0 Å². The van der Waals surface area contributed by atoms with Crippen molar-refractivity contribution in [2.45, 2.75) is 59.7 Å². The van der Waals surface area contributed by atoms with Gasteiger partial charge in [-0.15, -0.1) is 10.2 Å². The Bertz CT molecular complexity index is 790. The van der Waals surface area contributed by atoms with E-state index in [-0.39, 0.29) is 0 Å². The summed E-state index contributed by atoms with van der Waals surface area (Å²) in [6, 6.07) is 8.72. The van der Waals surface area contributed by atoms with Crippen molar-refractivity contribution in [3.63, 3.8) is 0 Å². The molecule has 3 rings (SSSR count). The molecule has 1 saturated heterocycles. The van der Waals surface area contributed by atoms with Gasteiger partial charge in [-0.3, -0.25) is 4.90 Å². The van der Waals surface area contributed by atoms with E-state index in [1.807, 2.05) is 0 Å². The van der Waals surface area contributed by atoms with E-state index < -0.39 is 0 Å². The average Bonchev–Trinajstić information content (AvgIpc) is 3.22. The number of aliphatic imine (C=N–C) groups is 1. The summed E-state index contributed by atoms with van der Waals surface area (Å²) < 4.78 is 2.09. The van der Waals surface area contributed by atoms with Gasteiger partial charge >= 0.3 is 0 Å². The lowest BCUT2D eigenvalue weighted by Gasteiger charge is -2.30. The average molecular weight is 412 g/mol. The van der Waals surface area contributed by atoms with Gasteiger partial charge in [0.25, 0.3) is 0 Å². The molecular formula is C23H37N7. The summed E-state index contributed by atoms with van der Waals surface area (Å²) in [5, 5.41) is 14.9. The maximum absolute atomic E-state index is 4.85. The molecule has 1 aromatic carbocycles. The third kappa shape index (κ3) is 6.55. The number of piperidine rings is 1. The molecule has 0 aliphatic carbocycles. The summed E-state index contributed by atoms with van der Waals surface area (Å²) >= 11 is 0. The Kier molecular flexibility index (Phi) is 8.68. The molecule has 2 aromatic rings. The summed E-state index contributed by atoms with van der Waals surface area (Å²) in [6.07, 6.45) is 5.30. The lowest BCUT2D eigenvalue weighted by Crippen LogP contribution is -2.39. The summed E-state index contributed by atoms with van der Waals surface area (Å²) in [5.41, 5.74) is 2.70. The number of guanidine groups is 1. The maximum Gasteiger partial charge on any atom is 0.191 e. The smallest absolute Gasteiger partial charge is 0.191 e. The van der Waals surface area contributed by atoms with Gasteiger partial charge in [-0.2, -0.15) is 0 Å². The number of nitrogens with one attached hydrogen (secondary N) is 2. The molecule has 30 heavy (non-hydrogen) atoms. The SMILES string of the molecule is CCNC(=NCc1ccccc1CN1CCC(C)CC1)NCCn1cnnc1CC. The van der Waals surface area contributed by atoms with Crippen molar-refractivity contribution in [1.29, 1.82) is 0 Å². The Hall–Kier alpha value is -2.41. The first-order valence-corrected chi connectivity index (χ1v) is 11.4. The van der Waals surface area contributed by atoms with Gasteiger partial charge in [0.1, 0.15) is 12.2 Å². The summed E-state index contributed by atoms with van der Waals surface area (Å²) in [5.74, 6) is 2.73. The van der Waals surface area contributed by atoms with Crippen LogP contribution in [-0.2, 0) is 26.1 Å². The van der Waals surface area contributed by atoms with Gasteiger partial charge in [0.05, 0.1) is 6.54 Å². The molecule has 2 heterocycles. The Balaban J connectivity index is 1.57. The first-order valence-electron chi connectivity index (χ1n) is 11.4. The molecule has 0 spiro atoms. The molecule has 1 aliphatic rings. The molecule has 2 N–H and O–H groups in total. The maximum atomic E-state index is 4.85. The van der Waals surface area contributed by atoms with Crippen LogP contribution in [0.1, 0.15) is 50.6 Å². The van der Waals surface area contributed by atoms with Gasteiger partial charge in [0, 0.05) is 32.6 Å². The standard InChI is InChI=1S/C23H37N7/c1-4-22-28-27-18-30(22)15-12-25-23(24-5-2)26-16-20-8-6-7-9-21(20)17-29-13-10-19(3)11-14-29/h6-9,18-19H,4-5,10-17H2,1-3H3,(H2,24,25,26). The molecule has 0 radical (unpaired) electrons. The van der Waals surface area contributed by atoms with E-state index in [9.17, 15) is 0 Å². The Morgan fingerprint density at radius 2 is 1.90 bits per heavy atom. The molecule has 1 fully saturated rings. The zero-order chi connectivity index (χ0) is 21.2. The van der Waals surface area contributed by atoms with Gasteiger partial charge in [-0.1, -0.05) is 38.1 Å². The highest BCUT2D eigenvalue weighted by Gasteiger charge is 2.16. The zero-order valence-corrected chi connectivity index (χ0v) is 18.8. The van der Waals surface area contributed by atoms with Crippen molar-refractivity contribution >= 4 is 5.96 Å². The van der Waals surface area contributed by atoms with E-state index in [0.717, 1.165) is 50.3 Å². The molecule has 7 heteroatoms. The van der Waals surface area contributed by atoms with Crippen LogP contribution in [0.15, 0.2) is 35.6 Å². The highest BCUT2D eigenvalue weighted by molar-refractivity contribution is 5.79. The lowest BCUT2D eigenvalue weighted by molar-refractivity contribution is 0.185. The van der Waals surface area contributed by atoms with E-state index in [2.05, 4.69) is 75.3 Å². The van der Waals surface area contributed by atoms with E-state index in [4.69, 9.17) is 4.99 Å². The lowest BCUT2D eigenvalue weighted by atomic mass is 9.98. The molecule has 0 bridgehead atoms. The second-order valence-electron chi connectivity index (χ2n) is 8.14. The minimum Gasteiger partial charge on any atom is -0.357 e. The topological polar surface area (TPSA) is 70.4 Å². The van der Waals surface area contributed by atoms with Crippen molar-refractivity contribution in [2.24, 2.45) is 10.9 Å². The number of nitrogens with zero attached hydrogens (tertiary/aromatic N) is 5. The normalized spacial score (nSPS) is 16.0. The largest absolute Gasteiger partial charge is 0.357 e. The fourth-order valence-corrected chi connectivity index (χ4v) is 3.87. The van der Waals surface area contributed by atoms with Gasteiger partial charge in [0.15, 0.2) is 5.96 Å². The zero-order valence-electron chi connectivity index (χ0n) is 18.8. The number of aromatic nitrogens is 3.